The molecule has 1 fully saturated rings. The van der Waals surface area contributed by atoms with Crippen molar-refractivity contribution in [2.45, 2.75) is 19.4 Å². The van der Waals surface area contributed by atoms with Crippen LogP contribution in [0.4, 0.5) is 0 Å². The molecule has 0 aromatic heterocycles. The minimum Gasteiger partial charge on any atom is -0.505 e. The van der Waals surface area contributed by atoms with E-state index < -0.39 is 23.7 Å². The molecule has 1 amide bonds. The number of hydrogen-bond donors (Lipinski definition) is 2. The number of nitrogens with zero attached hydrogens (tertiary/aromatic N) is 3. The second kappa shape index (κ2) is 12.4. The van der Waals surface area contributed by atoms with Gasteiger partial charge in [-0.2, -0.15) is 0 Å². The summed E-state index contributed by atoms with van der Waals surface area (Å²) in [5.41, 5.74) is 0.600. The third kappa shape index (κ3) is 6.79. The number of benzene rings is 2. The topological polar surface area (TPSA) is 93.5 Å². The summed E-state index contributed by atoms with van der Waals surface area (Å²) in [5, 5.41) is 20.5. The smallest absolute Gasteiger partial charge is 0.326 e. The number of carboxylic acid groups (broad SMARTS) is 1. The number of piperazine rings is 1. The van der Waals surface area contributed by atoms with Gasteiger partial charge in [0.05, 0.1) is 10.6 Å². The van der Waals surface area contributed by atoms with Crippen molar-refractivity contribution in [3.8, 4) is 11.5 Å². The number of halogens is 2. The average Bonchev–Trinajstić information content (AvgIpc) is 2.85. The third-order valence-electron chi connectivity index (χ3n) is 6.17. The molecular weight excluding hydrogens is 493 g/mol. The number of phenolic OH excluding ortho intramolecular Hbond substituents is 1. The summed E-state index contributed by atoms with van der Waals surface area (Å²) < 4.78 is 5.77. The number of carboxylic acids is 1. The van der Waals surface area contributed by atoms with Gasteiger partial charge in [-0.25, -0.2) is 4.79 Å². The van der Waals surface area contributed by atoms with Crippen molar-refractivity contribution < 1.29 is 24.5 Å². The van der Waals surface area contributed by atoms with E-state index in [2.05, 4.69) is 16.8 Å². The molecule has 35 heavy (non-hydrogen) atoms. The van der Waals surface area contributed by atoms with Gasteiger partial charge in [-0.1, -0.05) is 53.5 Å². The molecular formula is C25H31Cl2N3O5. The zero-order valence-electron chi connectivity index (χ0n) is 19.9. The molecule has 1 unspecified atom stereocenters. The molecule has 10 heteroatoms. The molecule has 1 atom stereocenters. The fourth-order valence-electron chi connectivity index (χ4n) is 4.06. The predicted octanol–water partition coefficient (Wildman–Crippen LogP) is 3.48. The molecule has 1 heterocycles. The normalized spacial score (nSPS) is 15.5. The number of carbonyl (C=O) groups is 2. The van der Waals surface area contributed by atoms with Crippen LogP contribution in [-0.4, -0.2) is 95.8 Å². The SMILES string of the molecule is CCN(C(=O)c1cc(Cl)c(OCCN2CCN(C)CC2)c(Cl)c1O)C(Cc1ccccc1)C(=O)O. The zero-order chi connectivity index (χ0) is 25.5. The molecule has 2 N–H and O–H groups in total. The van der Waals surface area contributed by atoms with Crippen molar-refractivity contribution in [2.75, 3.05) is 52.9 Å². The second-order valence-corrected chi connectivity index (χ2v) is 9.31. The van der Waals surface area contributed by atoms with Crippen LogP contribution in [-0.2, 0) is 11.2 Å². The van der Waals surface area contributed by atoms with Gasteiger partial charge >= 0.3 is 5.97 Å². The van der Waals surface area contributed by atoms with Gasteiger partial charge in [-0.15, -0.1) is 0 Å². The highest BCUT2D eigenvalue weighted by molar-refractivity contribution is 6.39. The summed E-state index contributed by atoms with van der Waals surface area (Å²) in [6.07, 6.45) is 0.117. The van der Waals surface area contributed by atoms with Gasteiger partial charge in [0.15, 0.2) is 11.5 Å². The number of ether oxygens (including phenoxy) is 1. The largest absolute Gasteiger partial charge is 0.505 e. The number of aromatic hydroxyl groups is 1. The Morgan fingerprint density at radius 2 is 1.80 bits per heavy atom. The van der Waals surface area contributed by atoms with Crippen LogP contribution in [0.25, 0.3) is 0 Å². The van der Waals surface area contributed by atoms with Gasteiger partial charge in [0.25, 0.3) is 5.91 Å². The van der Waals surface area contributed by atoms with E-state index in [1.54, 1.807) is 31.2 Å². The molecule has 8 nitrogen and oxygen atoms in total. The number of amides is 1. The van der Waals surface area contributed by atoms with Crippen LogP contribution >= 0.6 is 23.2 Å². The van der Waals surface area contributed by atoms with E-state index in [4.69, 9.17) is 27.9 Å². The molecule has 0 bridgehead atoms. The monoisotopic (exact) mass is 523 g/mol. The lowest BCUT2D eigenvalue weighted by Gasteiger charge is -2.32. The molecule has 190 valence electrons. The molecule has 0 spiro atoms. The van der Waals surface area contributed by atoms with E-state index in [9.17, 15) is 19.8 Å². The summed E-state index contributed by atoms with van der Waals surface area (Å²) in [6, 6.07) is 9.19. The first kappa shape index (κ1) is 27.1. The van der Waals surface area contributed by atoms with Crippen molar-refractivity contribution in [1.29, 1.82) is 0 Å². The van der Waals surface area contributed by atoms with Crippen LogP contribution in [0.2, 0.25) is 10.0 Å². The summed E-state index contributed by atoms with van der Waals surface area (Å²) in [6.45, 7) is 6.60. The summed E-state index contributed by atoms with van der Waals surface area (Å²) in [4.78, 5) is 31.1. The van der Waals surface area contributed by atoms with Crippen molar-refractivity contribution >= 4 is 35.1 Å². The number of phenols is 1. The van der Waals surface area contributed by atoms with Crippen LogP contribution in [0.15, 0.2) is 36.4 Å². The number of carbonyl (C=O) groups excluding carboxylic acids is 1. The highest BCUT2D eigenvalue weighted by Crippen LogP contribution is 2.42. The number of rotatable bonds is 10. The van der Waals surface area contributed by atoms with Crippen LogP contribution in [0.1, 0.15) is 22.8 Å². The molecule has 2 aromatic rings. The Morgan fingerprint density at radius 3 is 2.40 bits per heavy atom. The molecule has 1 saturated heterocycles. The van der Waals surface area contributed by atoms with E-state index >= 15 is 0 Å². The lowest BCUT2D eigenvalue weighted by molar-refractivity contribution is -0.142. The maximum absolute atomic E-state index is 13.3. The Morgan fingerprint density at radius 1 is 1.14 bits per heavy atom. The van der Waals surface area contributed by atoms with Crippen LogP contribution in [0.5, 0.6) is 11.5 Å². The van der Waals surface area contributed by atoms with E-state index in [1.807, 2.05) is 6.07 Å². The molecule has 1 aliphatic rings. The minimum atomic E-state index is -1.15. The van der Waals surface area contributed by atoms with E-state index in [-0.39, 0.29) is 34.3 Å². The lowest BCUT2D eigenvalue weighted by atomic mass is 10.0. The Labute approximate surface area is 215 Å². The standard InChI is InChI=1S/C25H31Cl2N3O5/c1-3-30(20(25(33)34)15-17-7-5-4-6-8-17)24(32)18-16-19(26)23(21(27)22(18)31)35-14-13-29-11-9-28(2)10-12-29/h4-8,16,20,31H,3,9-15H2,1-2H3,(H,33,34). The maximum atomic E-state index is 13.3. The van der Waals surface area contributed by atoms with Crippen LogP contribution < -0.4 is 4.74 Å². The number of aliphatic carboxylic acids is 1. The molecule has 2 aromatic carbocycles. The van der Waals surface area contributed by atoms with Crippen molar-refractivity contribution in [3.05, 3.63) is 57.6 Å². The fourth-order valence-corrected chi connectivity index (χ4v) is 4.63. The van der Waals surface area contributed by atoms with Crippen LogP contribution in [0.3, 0.4) is 0 Å². The Bertz CT molecular complexity index is 1030. The minimum absolute atomic E-state index is 0.0699. The quantitative estimate of drug-likeness (QED) is 0.492. The molecule has 0 aliphatic carbocycles. The van der Waals surface area contributed by atoms with Gasteiger partial charge in [-0.3, -0.25) is 9.69 Å². The molecule has 3 rings (SSSR count). The Kier molecular flexibility index (Phi) is 9.63. The predicted molar refractivity (Wildman–Crippen MR) is 136 cm³/mol. The Hall–Kier alpha value is -2.52. The van der Waals surface area contributed by atoms with Gasteiger partial charge in [0, 0.05) is 45.7 Å². The first-order chi connectivity index (χ1) is 16.7. The van der Waals surface area contributed by atoms with Crippen molar-refractivity contribution in [2.24, 2.45) is 0 Å². The number of likely N-dealkylation sites (N-methyl/N-ethyl adjacent to an activating group) is 2. The number of hydrogen-bond acceptors (Lipinski definition) is 6. The molecule has 0 radical (unpaired) electrons. The second-order valence-electron chi connectivity index (χ2n) is 8.53. The third-order valence-corrected chi connectivity index (χ3v) is 6.80. The van der Waals surface area contributed by atoms with Crippen molar-refractivity contribution in [3.63, 3.8) is 0 Å². The highest BCUT2D eigenvalue weighted by atomic mass is 35.5. The lowest BCUT2D eigenvalue weighted by Crippen LogP contribution is -2.46. The van der Waals surface area contributed by atoms with Gasteiger partial charge in [0.1, 0.15) is 17.7 Å². The van der Waals surface area contributed by atoms with E-state index in [0.717, 1.165) is 31.7 Å². The Balaban J connectivity index is 1.76. The average molecular weight is 524 g/mol. The summed E-state index contributed by atoms with van der Waals surface area (Å²) in [7, 11) is 2.08. The maximum Gasteiger partial charge on any atom is 0.326 e. The fraction of sp³-hybridized carbons (Fsp3) is 0.440. The molecule has 1 aliphatic heterocycles. The van der Waals surface area contributed by atoms with Crippen molar-refractivity contribution in [1.82, 2.24) is 14.7 Å². The highest BCUT2D eigenvalue weighted by Gasteiger charge is 2.32. The zero-order valence-corrected chi connectivity index (χ0v) is 21.4. The van der Waals surface area contributed by atoms with E-state index in [1.165, 1.54) is 11.0 Å². The summed E-state index contributed by atoms with van der Waals surface area (Å²) >= 11 is 12.7. The first-order valence-electron chi connectivity index (χ1n) is 11.5. The van der Waals surface area contributed by atoms with Crippen LogP contribution in [0, 0.1) is 0 Å². The summed E-state index contributed by atoms with van der Waals surface area (Å²) in [5.74, 6) is -2.22. The van der Waals surface area contributed by atoms with Gasteiger partial charge < -0.3 is 24.7 Å². The molecule has 0 saturated carbocycles. The van der Waals surface area contributed by atoms with Gasteiger partial charge in [-0.05, 0) is 25.6 Å². The van der Waals surface area contributed by atoms with Gasteiger partial charge in [0.2, 0.25) is 0 Å². The first-order valence-corrected chi connectivity index (χ1v) is 12.3. The van der Waals surface area contributed by atoms with E-state index in [0.29, 0.717) is 13.2 Å².